The monoisotopic (exact) mass is 346 g/mol. The number of thioether (sulfide) groups is 1. The number of carbonyl (C=O) groups excluding carboxylic acids is 2. The predicted molar refractivity (Wildman–Crippen MR) is 82.3 cm³/mol. The highest BCUT2D eigenvalue weighted by Crippen LogP contribution is 2.32. The van der Waals surface area contributed by atoms with Crippen molar-refractivity contribution in [3.63, 3.8) is 0 Å². The largest absolute Gasteiger partial charge is 0.406 e. The summed E-state index contributed by atoms with van der Waals surface area (Å²) >= 11 is 1.26. The number of nitrogens with one attached hydrogen (secondary N) is 1. The zero-order valence-corrected chi connectivity index (χ0v) is 13.3. The highest BCUT2D eigenvalue weighted by atomic mass is 32.2. The summed E-state index contributed by atoms with van der Waals surface area (Å²) in [6.07, 6.45) is -3.25. The molecule has 4 nitrogen and oxygen atoms in total. The lowest BCUT2D eigenvalue weighted by Crippen LogP contribution is -2.47. The average Bonchev–Trinajstić information content (AvgIpc) is 2.43. The van der Waals surface area contributed by atoms with E-state index in [1.807, 2.05) is 0 Å². The van der Waals surface area contributed by atoms with Gasteiger partial charge in [-0.1, -0.05) is 0 Å². The lowest BCUT2D eigenvalue weighted by molar-refractivity contribution is -0.162. The molecule has 0 saturated carbocycles. The highest BCUT2D eigenvalue weighted by molar-refractivity contribution is 8.00. The maximum absolute atomic E-state index is 12.5. The third-order valence-corrected chi connectivity index (χ3v) is 4.57. The van der Waals surface area contributed by atoms with Crippen LogP contribution < -0.4 is 5.32 Å². The first kappa shape index (κ1) is 17.7. The third kappa shape index (κ3) is 5.46. The van der Waals surface area contributed by atoms with E-state index in [4.69, 9.17) is 0 Å². The zero-order valence-electron chi connectivity index (χ0n) is 12.5. The summed E-state index contributed by atoms with van der Waals surface area (Å²) in [5.74, 6) is -0.653. The van der Waals surface area contributed by atoms with Gasteiger partial charge >= 0.3 is 6.18 Å². The number of benzene rings is 1. The van der Waals surface area contributed by atoms with Crippen LogP contribution in [0.4, 0.5) is 18.9 Å². The van der Waals surface area contributed by atoms with Crippen LogP contribution in [-0.4, -0.2) is 41.2 Å². The summed E-state index contributed by atoms with van der Waals surface area (Å²) in [6, 6.07) is 6.88. The fourth-order valence-electron chi connectivity index (χ4n) is 2.37. The van der Waals surface area contributed by atoms with Gasteiger partial charge in [-0.3, -0.25) is 9.59 Å². The molecule has 1 aromatic rings. The number of amides is 2. The first-order chi connectivity index (χ1) is 10.7. The van der Waals surface area contributed by atoms with Crippen LogP contribution in [0, 0.1) is 0 Å². The van der Waals surface area contributed by atoms with Crippen LogP contribution in [0.5, 0.6) is 0 Å². The van der Waals surface area contributed by atoms with Gasteiger partial charge in [0.15, 0.2) is 0 Å². The molecule has 0 aliphatic carbocycles. The maximum atomic E-state index is 12.5. The molecule has 1 saturated heterocycles. The minimum absolute atomic E-state index is 0.150. The molecular formula is C15H17F3N2O2S. The molecule has 0 radical (unpaired) electrons. The molecule has 126 valence electrons. The fourth-order valence-corrected chi connectivity index (χ4v) is 3.53. The van der Waals surface area contributed by atoms with Gasteiger partial charge in [0.2, 0.25) is 11.8 Å². The number of halogens is 3. The van der Waals surface area contributed by atoms with Gasteiger partial charge in [-0.25, -0.2) is 0 Å². The van der Waals surface area contributed by atoms with Gasteiger partial charge in [-0.2, -0.15) is 13.2 Å². The zero-order chi connectivity index (χ0) is 17.0. The Bertz CT molecular complexity index is 575. The lowest BCUT2D eigenvalue weighted by atomic mass is 10.1. The van der Waals surface area contributed by atoms with Crippen LogP contribution in [0.3, 0.4) is 0 Å². The van der Waals surface area contributed by atoms with E-state index in [1.54, 1.807) is 24.3 Å². The number of anilines is 1. The van der Waals surface area contributed by atoms with E-state index < -0.39 is 23.9 Å². The minimum atomic E-state index is -4.37. The Labute approximate surface area is 136 Å². The molecule has 0 unspecified atom stereocenters. The number of piperidine rings is 1. The van der Waals surface area contributed by atoms with Crippen molar-refractivity contribution in [1.29, 1.82) is 0 Å². The molecule has 1 aliphatic heterocycles. The highest BCUT2D eigenvalue weighted by Gasteiger charge is 2.37. The van der Waals surface area contributed by atoms with Crippen molar-refractivity contribution in [3.05, 3.63) is 24.3 Å². The Hall–Kier alpha value is -1.70. The van der Waals surface area contributed by atoms with Crippen molar-refractivity contribution < 1.29 is 22.8 Å². The molecule has 0 aromatic heterocycles. The van der Waals surface area contributed by atoms with Crippen molar-refractivity contribution in [1.82, 2.24) is 4.90 Å². The number of likely N-dealkylation sites (tertiary alicyclic amines) is 1. The second-order valence-electron chi connectivity index (χ2n) is 5.33. The average molecular weight is 346 g/mol. The van der Waals surface area contributed by atoms with Crippen LogP contribution in [0.25, 0.3) is 0 Å². The summed E-state index contributed by atoms with van der Waals surface area (Å²) < 4.78 is 37.4. The Kier molecular flexibility index (Phi) is 5.56. The van der Waals surface area contributed by atoms with Gasteiger partial charge < -0.3 is 10.2 Å². The topological polar surface area (TPSA) is 49.4 Å². The fraction of sp³-hybridized carbons (Fsp3) is 0.467. The van der Waals surface area contributed by atoms with Gasteiger partial charge in [-0.05, 0) is 37.1 Å². The van der Waals surface area contributed by atoms with Crippen LogP contribution in [0.1, 0.15) is 19.8 Å². The number of hydrogen-bond acceptors (Lipinski definition) is 3. The van der Waals surface area contributed by atoms with Crippen LogP contribution >= 0.6 is 11.8 Å². The summed E-state index contributed by atoms with van der Waals surface area (Å²) in [5, 5.41) is 2.13. The van der Waals surface area contributed by atoms with Gasteiger partial charge in [0.25, 0.3) is 0 Å². The van der Waals surface area contributed by atoms with Crippen molar-refractivity contribution >= 4 is 29.3 Å². The lowest BCUT2D eigenvalue weighted by Gasteiger charge is -2.32. The van der Waals surface area contributed by atoms with E-state index in [1.165, 1.54) is 18.7 Å². The van der Waals surface area contributed by atoms with Gasteiger partial charge in [0.1, 0.15) is 6.54 Å². The molecule has 1 atom stereocenters. The predicted octanol–water partition coefficient (Wildman–Crippen LogP) is 3.29. The number of carbonyl (C=O) groups is 2. The summed E-state index contributed by atoms with van der Waals surface area (Å²) in [7, 11) is 0. The first-order valence-corrected chi connectivity index (χ1v) is 8.02. The first-order valence-electron chi connectivity index (χ1n) is 7.14. The molecule has 8 heteroatoms. The molecule has 0 bridgehead atoms. The standard InChI is InChI=1S/C15H17F3N2O2S/c1-10(21)19-11-4-6-12(7-5-11)23-13-3-2-8-20(14(13)22)9-15(16,17)18/h4-7,13H,2-3,8-9H2,1H3,(H,19,21)/t13-/m0/s1. The van der Waals surface area contributed by atoms with Gasteiger partial charge in [-0.15, -0.1) is 11.8 Å². The molecule has 23 heavy (non-hydrogen) atoms. The van der Waals surface area contributed by atoms with Crippen molar-refractivity contribution in [3.8, 4) is 0 Å². The second-order valence-corrected chi connectivity index (χ2v) is 6.61. The van der Waals surface area contributed by atoms with E-state index in [0.717, 1.165) is 9.80 Å². The number of alkyl halides is 3. The minimum Gasteiger partial charge on any atom is -0.333 e. The molecule has 1 aliphatic rings. The quantitative estimate of drug-likeness (QED) is 0.910. The van der Waals surface area contributed by atoms with Crippen molar-refractivity contribution in [2.75, 3.05) is 18.4 Å². The molecule has 1 heterocycles. The third-order valence-electron chi connectivity index (χ3n) is 3.30. The summed E-state index contributed by atoms with van der Waals surface area (Å²) in [6.45, 7) is 0.361. The van der Waals surface area contributed by atoms with E-state index in [0.29, 0.717) is 18.5 Å². The van der Waals surface area contributed by atoms with Crippen molar-refractivity contribution in [2.45, 2.75) is 36.1 Å². The number of nitrogens with zero attached hydrogens (tertiary/aromatic N) is 1. The molecule has 1 fully saturated rings. The van der Waals surface area contributed by atoms with Crippen LogP contribution in [-0.2, 0) is 9.59 Å². The van der Waals surface area contributed by atoms with Crippen LogP contribution in [0.15, 0.2) is 29.2 Å². The Morgan fingerprint density at radius 1 is 1.35 bits per heavy atom. The molecule has 1 N–H and O–H groups in total. The SMILES string of the molecule is CC(=O)Nc1ccc(S[C@H]2CCCN(CC(F)(F)F)C2=O)cc1. The number of hydrogen-bond donors (Lipinski definition) is 1. The maximum Gasteiger partial charge on any atom is 0.406 e. The summed E-state index contributed by atoms with van der Waals surface area (Å²) in [5.41, 5.74) is 0.635. The van der Waals surface area contributed by atoms with Crippen molar-refractivity contribution in [2.24, 2.45) is 0 Å². The molecule has 1 aromatic carbocycles. The summed E-state index contributed by atoms with van der Waals surface area (Å²) in [4.78, 5) is 24.8. The van der Waals surface area contributed by atoms with E-state index >= 15 is 0 Å². The second kappa shape index (κ2) is 7.25. The van der Waals surface area contributed by atoms with Gasteiger partial charge in [0.05, 0.1) is 5.25 Å². The van der Waals surface area contributed by atoms with E-state index in [2.05, 4.69) is 5.32 Å². The van der Waals surface area contributed by atoms with Crippen LogP contribution in [0.2, 0.25) is 0 Å². The Morgan fingerprint density at radius 3 is 2.57 bits per heavy atom. The number of rotatable bonds is 4. The molecular weight excluding hydrogens is 329 g/mol. The molecule has 2 amide bonds. The van der Waals surface area contributed by atoms with E-state index in [-0.39, 0.29) is 12.5 Å². The molecule has 2 rings (SSSR count). The normalized spacial score (nSPS) is 18.9. The molecule has 0 spiro atoms. The smallest absolute Gasteiger partial charge is 0.333 e. The Balaban J connectivity index is 1.98. The van der Waals surface area contributed by atoms with E-state index in [9.17, 15) is 22.8 Å². The Morgan fingerprint density at radius 2 is 2.00 bits per heavy atom. The van der Waals surface area contributed by atoms with Gasteiger partial charge in [0, 0.05) is 24.1 Å².